The van der Waals surface area contributed by atoms with Crippen LogP contribution in [0.2, 0.25) is 5.02 Å². The highest BCUT2D eigenvalue weighted by Gasteiger charge is 2.48. The highest BCUT2D eigenvalue weighted by Crippen LogP contribution is 2.46. The molecule has 7 nitrogen and oxygen atoms in total. The second kappa shape index (κ2) is 8.99. The van der Waals surface area contributed by atoms with Crippen LogP contribution in [0, 0.1) is 6.92 Å². The monoisotopic (exact) mass is 526 g/mol. The maximum atomic E-state index is 13.3. The van der Waals surface area contributed by atoms with Crippen molar-refractivity contribution in [2.45, 2.75) is 13.0 Å². The number of methoxy groups -OCH3 is 2. The van der Waals surface area contributed by atoms with Gasteiger partial charge in [-0.2, -0.15) is 0 Å². The Morgan fingerprint density at radius 1 is 1.11 bits per heavy atom. The Bertz CT molecular complexity index is 1510. The fourth-order valence-electron chi connectivity index (χ4n) is 4.09. The Hall–Kier alpha value is -3.40. The maximum Gasteiger partial charge on any atom is 0.301 e. The average Bonchev–Trinajstić information content (AvgIpc) is 3.56. The zero-order chi connectivity index (χ0) is 24.9. The summed E-state index contributed by atoms with van der Waals surface area (Å²) in [4.78, 5) is 33.3. The van der Waals surface area contributed by atoms with E-state index < -0.39 is 17.7 Å². The topological polar surface area (TPSA) is 89.0 Å². The minimum atomic E-state index is -0.834. The standard InChI is InChI=1S/C25H19ClN2O5S2/c1-12-9-15-19(11-17(12)33-3)35-25(27-15)28-21(18-5-4-8-34-18)20(23(30)24(28)31)22(29)13-6-7-16(32-2)14(26)10-13/h4-11,21,29H,1-3H3/b22-20+. The fraction of sp³-hybridized carbons (Fsp3) is 0.160. The molecular formula is C25H19ClN2O5S2. The number of aromatic nitrogens is 1. The van der Waals surface area contributed by atoms with Crippen molar-refractivity contribution in [3.8, 4) is 11.5 Å². The molecule has 5 rings (SSSR count). The largest absolute Gasteiger partial charge is 0.507 e. The quantitative estimate of drug-likeness (QED) is 0.196. The molecule has 4 aromatic rings. The van der Waals surface area contributed by atoms with Gasteiger partial charge in [-0.3, -0.25) is 14.5 Å². The number of anilines is 1. The van der Waals surface area contributed by atoms with Crippen molar-refractivity contribution in [1.82, 2.24) is 4.98 Å². The lowest BCUT2D eigenvalue weighted by Gasteiger charge is -2.21. The Morgan fingerprint density at radius 2 is 1.89 bits per heavy atom. The zero-order valence-electron chi connectivity index (χ0n) is 18.9. The number of amides is 1. The van der Waals surface area contributed by atoms with Crippen LogP contribution in [0.1, 0.15) is 22.0 Å². The third-order valence-electron chi connectivity index (χ3n) is 5.78. The van der Waals surface area contributed by atoms with Crippen molar-refractivity contribution in [3.63, 3.8) is 0 Å². The first-order valence-corrected chi connectivity index (χ1v) is 12.5. The van der Waals surface area contributed by atoms with E-state index in [0.29, 0.717) is 27.7 Å². The number of fused-ring (bicyclic) bond motifs is 1. The molecule has 0 bridgehead atoms. The number of carbonyl (C=O) groups excluding carboxylic acids is 2. The first-order chi connectivity index (χ1) is 16.8. The summed E-state index contributed by atoms with van der Waals surface area (Å²) in [5.74, 6) is -0.722. The number of thiazole rings is 1. The van der Waals surface area contributed by atoms with Crippen molar-refractivity contribution in [2.24, 2.45) is 0 Å². The number of carbonyl (C=O) groups is 2. The Labute approximate surface area is 213 Å². The molecule has 1 saturated heterocycles. The number of halogens is 1. The van der Waals surface area contributed by atoms with Crippen molar-refractivity contribution in [3.05, 3.63) is 74.4 Å². The number of rotatable bonds is 5. The molecule has 10 heteroatoms. The van der Waals surface area contributed by atoms with Crippen LogP contribution < -0.4 is 14.4 Å². The smallest absolute Gasteiger partial charge is 0.301 e. The molecule has 3 heterocycles. The van der Waals surface area contributed by atoms with Crippen molar-refractivity contribution in [1.29, 1.82) is 0 Å². The van der Waals surface area contributed by atoms with E-state index >= 15 is 0 Å². The lowest BCUT2D eigenvalue weighted by molar-refractivity contribution is -0.132. The molecule has 1 aliphatic heterocycles. The first-order valence-electron chi connectivity index (χ1n) is 10.5. The Balaban J connectivity index is 1.69. The molecule has 0 saturated carbocycles. The number of hydrogen-bond donors (Lipinski definition) is 1. The number of Topliss-reactive ketones (excluding diaryl/α,β-unsaturated/α-hetero) is 1. The summed E-state index contributed by atoms with van der Waals surface area (Å²) in [7, 11) is 3.08. The number of benzene rings is 2. The highest BCUT2D eigenvalue weighted by molar-refractivity contribution is 7.22. The Kier molecular flexibility index (Phi) is 6.00. The van der Waals surface area contributed by atoms with E-state index in [0.717, 1.165) is 15.1 Å². The molecule has 2 aromatic heterocycles. The van der Waals surface area contributed by atoms with Gasteiger partial charge in [0.15, 0.2) is 5.13 Å². The van der Waals surface area contributed by atoms with Crippen LogP contribution in [0.25, 0.3) is 16.0 Å². The van der Waals surface area contributed by atoms with Gasteiger partial charge >= 0.3 is 5.91 Å². The van der Waals surface area contributed by atoms with Crippen LogP contribution in [0.5, 0.6) is 11.5 Å². The summed E-state index contributed by atoms with van der Waals surface area (Å²) < 4.78 is 11.4. The molecule has 0 aliphatic carbocycles. The number of ether oxygens (including phenoxy) is 2. The van der Waals surface area contributed by atoms with Crippen LogP contribution >= 0.6 is 34.3 Å². The highest BCUT2D eigenvalue weighted by atomic mass is 35.5. The van der Waals surface area contributed by atoms with Gasteiger partial charge in [0.05, 0.1) is 35.0 Å². The molecule has 1 atom stereocenters. The van der Waals surface area contributed by atoms with Gasteiger partial charge in [-0.15, -0.1) is 11.3 Å². The van der Waals surface area contributed by atoms with Gasteiger partial charge in [-0.1, -0.05) is 29.0 Å². The average molecular weight is 527 g/mol. The molecule has 1 unspecified atom stereocenters. The van der Waals surface area contributed by atoms with Crippen molar-refractivity contribution in [2.75, 3.05) is 19.1 Å². The van der Waals surface area contributed by atoms with E-state index in [1.807, 2.05) is 36.6 Å². The molecule has 178 valence electrons. The van der Waals surface area contributed by atoms with Gasteiger partial charge < -0.3 is 14.6 Å². The first kappa shape index (κ1) is 23.3. The summed E-state index contributed by atoms with van der Waals surface area (Å²) in [6.07, 6.45) is 0. The summed E-state index contributed by atoms with van der Waals surface area (Å²) in [5.41, 5.74) is 1.88. The number of hydrogen-bond acceptors (Lipinski definition) is 8. The minimum Gasteiger partial charge on any atom is -0.507 e. The SMILES string of the molecule is COc1cc2sc(N3C(=O)C(=O)/C(=C(/O)c4ccc(OC)c(Cl)c4)C3c3cccs3)nc2cc1C. The van der Waals surface area contributed by atoms with E-state index in [-0.39, 0.29) is 16.4 Å². The molecule has 1 N–H and O–H groups in total. The van der Waals surface area contributed by atoms with E-state index in [9.17, 15) is 14.7 Å². The third kappa shape index (κ3) is 3.85. The van der Waals surface area contributed by atoms with Gasteiger partial charge in [0, 0.05) is 10.4 Å². The predicted octanol–water partition coefficient (Wildman–Crippen LogP) is 5.96. The lowest BCUT2D eigenvalue weighted by atomic mass is 10.00. The van der Waals surface area contributed by atoms with Crippen molar-refractivity contribution < 1.29 is 24.2 Å². The lowest BCUT2D eigenvalue weighted by Crippen LogP contribution is -2.28. The molecule has 35 heavy (non-hydrogen) atoms. The maximum absolute atomic E-state index is 13.3. The minimum absolute atomic E-state index is 0.0216. The number of aliphatic hydroxyl groups is 1. The number of ketones is 1. The second-order valence-electron chi connectivity index (χ2n) is 7.82. The van der Waals surface area contributed by atoms with Crippen molar-refractivity contribution >= 4 is 67.1 Å². The number of aryl methyl sites for hydroxylation is 1. The number of aliphatic hydroxyl groups excluding tert-OH is 1. The van der Waals surface area contributed by atoms with E-state index in [2.05, 4.69) is 4.98 Å². The van der Waals surface area contributed by atoms with E-state index in [1.165, 1.54) is 40.7 Å². The zero-order valence-corrected chi connectivity index (χ0v) is 21.3. The molecular weight excluding hydrogens is 508 g/mol. The van der Waals surface area contributed by atoms with Crippen LogP contribution in [-0.4, -0.2) is 36.0 Å². The summed E-state index contributed by atoms with van der Waals surface area (Å²) in [6, 6.07) is 11.2. The van der Waals surface area contributed by atoms with Gasteiger partial charge in [0.1, 0.15) is 23.3 Å². The van der Waals surface area contributed by atoms with Gasteiger partial charge in [0.25, 0.3) is 5.78 Å². The van der Waals surface area contributed by atoms with Crippen LogP contribution in [0.15, 0.2) is 53.4 Å². The normalized spacial score (nSPS) is 17.4. The molecule has 1 amide bonds. The second-order valence-corrected chi connectivity index (χ2v) is 10.2. The number of nitrogens with zero attached hydrogens (tertiary/aromatic N) is 2. The molecule has 1 fully saturated rings. The summed E-state index contributed by atoms with van der Waals surface area (Å²) >= 11 is 8.92. The van der Waals surface area contributed by atoms with Gasteiger partial charge in [-0.25, -0.2) is 4.98 Å². The molecule has 2 aromatic carbocycles. The Morgan fingerprint density at radius 3 is 2.54 bits per heavy atom. The predicted molar refractivity (Wildman–Crippen MR) is 138 cm³/mol. The van der Waals surface area contributed by atoms with Crippen LogP contribution in [-0.2, 0) is 9.59 Å². The van der Waals surface area contributed by atoms with E-state index in [4.69, 9.17) is 21.1 Å². The molecule has 0 radical (unpaired) electrons. The fourth-order valence-corrected chi connectivity index (χ4v) is 6.17. The van der Waals surface area contributed by atoms with Crippen LogP contribution in [0.3, 0.4) is 0 Å². The summed E-state index contributed by atoms with van der Waals surface area (Å²) in [6.45, 7) is 1.91. The van der Waals surface area contributed by atoms with Gasteiger partial charge in [0.2, 0.25) is 0 Å². The van der Waals surface area contributed by atoms with Gasteiger partial charge in [-0.05, 0) is 54.3 Å². The molecule has 0 spiro atoms. The number of thiophene rings is 1. The third-order valence-corrected chi connectivity index (χ3v) is 8.02. The molecule has 1 aliphatic rings. The van der Waals surface area contributed by atoms with Crippen LogP contribution in [0.4, 0.5) is 5.13 Å². The summed E-state index contributed by atoms with van der Waals surface area (Å²) in [5, 5.41) is 13.7. The van der Waals surface area contributed by atoms with E-state index in [1.54, 1.807) is 19.2 Å².